The van der Waals surface area contributed by atoms with Crippen molar-refractivity contribution in [2.24, 2.45) is 0 Å². The highest BCUT2D eigenvalue weighted by atomic mass is 16.5. The molecule has 5 nitrogen and oxygen atoms in total. The van der Waals surface area contributed by atoms with Gasteiger partial charge in [0.2, 0.25) is 0 Å². The topological polar surface area (TPSA) is 56.8 Å². The Balaban J connectivity index is 1.39. The highest BCUT2D eigenvalue weighted by molar-refractivity contribution is 5.77. The first-order valence-corrected chi connectivity index (χ1v) is 9.40. The maximum Gasteiger partial charge on any atom is 0.258 e. The zero-order valence-electron chi connectivity index (χ0n) is 16.0. The first-order valence-electron chi connectivity index (χ1n) is 9.40. The fourth-order valence-electron chi connectivity index (χ4n) is 2.93. The van der Waals surface area contributed by atoms with Crippen LogP contribution in [0, 0.1) is 13.8 Å². The highest BCUT2D eigenvalue weighted by Crippen LogP contribution is 2.19. The van der Waals surface area contributed by atoms with E-state index < -0.39 is 0 Å². The number of ether oxygens (including phenoxy) is 3. The van der Waals surface area contributed by atoms with Crippen LogP contribution in [0.3, 0.4) is 0 Å². The third-order valence-corrected chi connectivity index (χ3v) is 4.58. The van der Waals surface area contributed by atoms with Gasteiger partial charge in [0.25, 0.3) is 5.91 Å². The smallest absolute Gasteiger partial charge is 0.258 e. The Labute approximate surface area is 160 Å². The van der Waals surface area contributed by atoms with Crippen LogP contribution in [-0.2, 0) is 16.1 Å². The molecule has 0 radical (unpaired) electrons. The molecule has 2 aromatic carbocycles. The molecule has 0 spiro atoms. The lowest BCUT2D eigenvalue weighted by Gasteiger charge is -2.12. The average Bonchev–Trinajstić information content (AvgIpc) is 3.20. The number of rotatable bonds is 8. The van der Waals surface area contributed by atoms with E-state index >= 15 is 0 Å². The van der Waals surface area contributed by atoms with E-state index in [1.807, 2.05) is 56.3 Å². The number of carbonyl (C=O) groups excluding carboxylic acids is 1. The van der Waals surface area contributed by atoms with Crippen molar-refractivity contribution < 1.29 is 19.0 Å². The van der Waals surface area contributed by atoms with Crippen LogP contribution >= 0.6 is 0 Å². The summed E-state index contributed by atoms with van der Waals surface area (Å²) < 4.78 is 16.9. The van der Waals surface area contributed by atoms with Gasteiger partial charge in [-0.05, 0) is 61.6 Å². The largest absolute Gasteiger partial charge is 0.491 e. The maximum atomic E-state index is 12.0. The molecule has 1 heterocycles. The summed E-state index contributed by atoms with van der Waals surface area (Å²) in [6.45, 7) is 5.86. The molecule has 1 saturated heterocycles. The van der Waals surface area contributed by atoms with Crippen LogP contribution in [0.2, 0.25) is 0 Å². The van der Waals surface area contributed by atoms with Gasteiger partial charge in [-0.15, -0.1) is 0 Å². The minimum Gasteiger partial charge on any atom is -0.491 e. The van der Waals surface area contributed by atoms with Crippen LogP contribution in [0.25, 0.3) is 0 Å². The SMILES string of the molecule is Cc1ccc(C)c(OCC(=O)NCc2ccc(OCC3CCCO3)cc2)c1. The minimum atomic E-state index is -0.144. The van der Waals surface area contributed by atoms with Crippen molar-refractivity contribution in [1.82, 2.24) is 5.32 Å². The molecular weight excluding hydrogens is 342 g/mol. The molecule has 1 amide bonds. The Morgan fingerprint density at radius 2 is 1.96 bits per heavy atom. The Hall–Kier alpha value is -2.53. The predicted molar refractivity (Wildman–Crippen MR) is 104 cm³/mol. The molecule has 1 N–H and O–H groups in total. The van der Waals surface area contributed by atoms with Gasteiger partial charge in [-0.2, -0.15) is 0 Å². The maximum absolute atomic E-state index is 12.0. The number of nitrogens with one attached hydrogen (secondary N) is 1. The van der Waals surface area contributed by atoms with Crippen LogP contribution in [-0.4, -0.2) is 31.8 Å². The van der Waals surface area contributed by atoms with Crippen LogP contribution in [0.5, 0.6) is 11.5 Å². The molecular formula is C22H27NO4. The van der Waals surface area contributed by atoms with E-state index in [0.717, 1.165) is 47.6 Å². The summed E-state index contributed by atoms with van der Waals surface area (Å²) in [5, 5.41) is 2.87. The molecule has 1 fully saturated rings. The van der Waals surface area contributed by atoms with Gasteiger partial charge in [0.1, 0.15) is 18.1 Å². The van der Waals surface area contributed by atoms with Gasteiger partial charge in [0, 0.05) is 13.2 Å². The molecule has 2 aromatic rings. The third kappa shape index (κ3) is 6.00. The van der Waals surface area contributed by atoms with Gasteiger partial charge in [-0.1, -0.05) is 24.3 Å². The van der Waals surface area contributed by atoms with E-state index in [-0.39, 0.29) is 18.6 Å². The lowest BCUT2D eigenvalue weighted by molar-refractivity contribution is -0.123. The summed E-state index contributed by atoms with van der Waals surface area (Å²) >= 11 is 0. The first kappa shape index (κ1) is 19.2. The lowest BCUT2D eigenvalue weighted by atomic mass is 10.1. The molecule has 144 valence electrons. The molecule has 3 rings (SSSR count). The molecule has 1 aliphatic rings. The van der Waals surface area contributed by atoms with Crippen molar-refractivity contribution in [1.29, 1.82) is 0 Å². The normalized spacial score (nSPS) is 16.1. The van der Waals surface area contributed by atoms with Gasteiger partial charge in [0.05, 0.1) is 6.10 Å². The van der Waals surface area contributed by atoms with Crippen LogP contribution in [0.1, 0.15) is 29.5 Å². The minimum absolute atomic E-state index is 0.00682. The molecule has 1 atom stereocenters. The zero-order valence-corrected chi connectivity index (χ0v) is 16.0. The van der Waals surface area contributed by atoms with E-state index in [4.69, 9.17) is 14.2 Å². The van der Waals surface area contributed by atoms with Gasteiger partial charge in [-0.3, -0.25) is 4.79 Å². The molecule has 5 heteroatoms. The quantitative estimate of drug-likeness (QED) is 0.773. The summed E-state index contributed by atoms with van der Waals surface area (Å²) in [6, 6.07) is 13.7. The highest BCUT2D eigenvalue weighted by Gasteiger charge is 2.15. The molecule has 0 aromatic heterocycles. The summed E-state index contributed by atoms with van der Waals surface area (Å²) in [5.74, 6) is 1.42. The number of aryl methyl sites for hydroxylation is 2. The number of amides is 1. The van der Waals surface area contributed by atoms with E-state index in [2.05, 4.69) is 5.32 Å². The Morgan fingerprint density at radius 1 is 1.15 bits per heavy atom. The summed E-state index contributed by atoms with van der Waals surface area (Å²) in [5.41, 5.74) is 3.14. The van der Waals surface area contributed by atoms with E-state index in [1.54, 1.807) is 0 Å². The Bertz CT molecular complexity index is 751. The molecule has 1 aliphatic heterocycles. The van der Waals surface area contributed by atoms with Crippen molar-refractivity contribution in [3.63, 3.8) is 0 Å². The number of carbonyl (C=O) groups is 1. The zero-order chi connectivity index (χ0) is 19.1. The molecule has 0 aliphatic carbocycles. The molecule has 0 saturated carbocycles. The average molecular weight is 369 g/mol. The third-order valence-electron chi connectivity index (χ3n) is 4.58. The molecule has 27 heavy (non-hydrogen) atoms. The first-order chi connectivity index (χ1) is 13.1. The lowest BCUT2D eigenvalue weighted by Crippen LogP contribution is -2.28. The number of benzene rings is 2. The van der Waals surface area contributed by atoms with Gasteiger partial charge in [0.15, 0.2) is 6.61 Å². The van der Waals surface area contributed by atoms with Crippen molar-refractivity contribution >= 4 is 5.91 Å². The Kier molecular flexibility index (Phi) is 6.71. The van der Waals surface area contributed by atoms with Crippen LogP contribution in [0.15, 0.2) is 42.5 Å². The van der Waals surface area contributed by atoms with Crippen molar-refractivity contribution in [2.45, 2.75) is 39.3 Å². The second kappa shape index (κ2) is 9.42. The predicted octanol–water partition coefficient (Wildman–Crippen LogP) is 3.56. The summed E-state index contributed by atoms with van der Waals surface area (Å²) in [4.78, 5) is 12.0. The van der Waals surface area contributed by atoms with Crippen molar-refractivity contribution in [3.8, 4) is 11.5 Å². The van der Waals surface area contributed by atoms with Crippen molar-refractivity contribution in [2.75, 3.05) is 19.8 Å². The molecule has 0 bridgehead atoms. The van der Waals surface area contributed by atoms with Crippen LogP contribution < -0.4 is 14.8 Å². The van der Waals surface area contributed by atoms with Gasteiger partial charge < -0.3 is 19.5 Å². The van der Waals surface area contributed by atoms with Crippen LogP contribution in [0.4, 0.5) is 0 Å². The Morgan fingerprint density at radius 3 is 2.70 bits per heavy atom. The molecule has 1 unspecified atom stereocenters. The van der Waals surface area contributed by atoms with E-state index in [9.17, 15) is 4.79 Å². The monoisotopic (exact) mass is 369 g/mol. The number of hydrogen-bond donors (Lipinski definition) is 1. The standard InChI is InChI=1S/C22H27NO4/c1-16-5-6-17(2)21(12-16)27-15-22(24)23-13-18-7-9-19(10-8-18)26-14-20-4-3-11-25-20/h5-10,12,20H,3-4,11,13-15H2,1-2H3,(H,23,24). The van der Waals surface area contributed by atoms with E-state index in [0.29, 0.717) is 13.2 Å². The fraction of sp³-hybridized carbons (Fsp3) is 0.409. The number of hydrogen-bond acceptors (Lipinski definition) is 4. The van der Waals surface area contributed by atoms with E-state index in [1.165, 1.54) is 0 Å². The fourth-order valence-corrected chi connectivity index (χ4v) is 2.93. The van der Waals surface area contributed by atoms with Gasteiger partial charge in [-0.25, -0.2) is 0 Å². The van der Waals surface area contributed by atoms with Gasteiger partial charge >= 0.3 is 0 Å². The van der Waals surface area contributed by atoms with Crippen molar-refractivity contribution in [3.05, 3.63) is 59.2 Å². The summed E-state index contributed by atoms with van der Waals surface area (Å²) in [7, 11) is 0. The second-order valence-corrected chi connectivity index (χ2v) is 6.92. The summed E-state index contributed by atoms with van der Waals surface area (Å²) in [6.07, 6.45) is 2.38. The second-order valence-electron chi connectivity index (χ2n) is 6.92.